The lowest BCUT2D eigenvalue weighted by atomic mass is 10.1. The molecule has 0 saturated heterocycles. The minimum Gasteiger partial charge on any atom is -0.480 e. The largest absolute Gasteiger partial charge is 0.480 e. The van der Waals surface area contributed by atoms with Crippen molar-refractivity contribution < 1.29 is 14.7 Å². The fraction of sp³-hybridized carbons (Fsp3) is 0.750. The van der Waals surface area contributed by atoms with Crippen molar-refractivity contribution in [3.05, 3.63) is 0 Å². The molecule has 0 aromatic rings. The predicted octanol–water partition coefficient (Wildman–Crippen LogP) is 0.329. The van der Waals surface area contributed by atoms with Gasteiger partial charge in [0.1, 0.15) is 6.04 Å². The van der Waals surface area contributed by atoms with Gasteiger partial charge in [-0.1, -0.05) is 0 Å². The van der Waals surface area contributed by atoms with E-state index >= 15 is 0 Å². The molecule has 0 aromatic heterocycles. The maximum Gasteiger partial charge on any atom is 0.325 e. The van der Waals surface area contributed by atoms with Crippen molar-refractivity contribution in [2.45, 2.75) is 31.8 Å². The zero-order valence-corrected chi connectivity index (χ0v) is 13.1. The van der Waals surface area contributed by atoms with E-state index in [-0.39, 0.29) is 49.6 Å². The molecule has 0 rings (SSSR count). The van der Waals surface area contributed by atoms with Gasteiger partial charge in [0, 0.05) is 0 Å². The second-order valence-corrected chi connectivity index (χ2v) is 3.11. The first-order chi connectivity index (χ1) is 6.49. The monoisotopic (exact) mass is 347 g/mol. The Morgan fingerprint density at radius 1 is 1.22 bits per heavy atom. The summed E-state index contributed by atoms with van der Waals surface area (Å²) in [6.07, 6.45) is 1.12. The third-order valence-corrected chi connectivity index (χ3v) is 1.79. The Hall–Kier alpha value is 0.0200. The maximum absolute atomic E-state index is 11.2. The average molecular weight is 349 g/mol. The van der Waals surface area contributed by atoms with Crippen LogP contribution >= 0.6 is 49.6 Å². The quantitative estimate of drug-likeness (QED) is 0.551. The normalized spacial score (nSPS) is 11.3. The van der Waals surface area contributed by atoms with Crippen LogP contribution in [0.2, 0.25) is 0 Å². The molecule has 114 valence electrons. The Labute approximate surface area is 131 Å². The lowest BCUT2D eigenvalue weighted by Gasteiger charge is -2.14. The van der Waals surface area contributed by atoms with Gasteiger partial charge >= 0.3 is 5.97 Å². The highest BCUT2D eigenvalue weighted by molar-refractivity contribution is 5.86. The minimum absolute atomic E-state index is 0. The highest BCUT2D eigenvalue weighted by atomic mass is 35.5. The number of carboxylic acids is 1. The van der Waals surface area contributed by atoms with E-state index in [1.54, 1.807) is 0 Å². The summed E-state index contributed by atoms with van der Waals surface area (Å²) in [5.41, 5.74) is 10.7. The Bertz CT molecular complexity index is 222. The van der Waals surface area contributed by atoms with Crippen molar-refractivity contribution in [1.29, 1.82) is 0 Å². The van der Waals surface area contributed by atoms with E-state index in [9.17, 15) is 9.59 Å². The van der Waals surface area contributed by atoms with Crippen LogP contribution in [0, 0.1) is 0 Å². The molecule has 6 nitrogen and oxygen atoms in total. The molecule has 0 aliphatic heterocycles. The number of hydrogen-bond acceptors (Lipinski definition) is 4. The first-order valence-corrected chi connectivity index (χ1v) is 4.48. The van der Waals surface area contributed by atoms with E-state index in [1.165, 1.54) is 6.92 Å². The van der Waals surface area contributed by atoms with Gasteiger partial charge in [-0.3, -0.25) is 9.59 Å². The van der Waals surface area contributed by atoms with Crippen LogP contribution in [-0.4, -0.2) is 35.6 Å². The fourth-order valence-electron chi connectivity index (χ4n) is 0.851. The second kappa shape index (κ2) is 17.0. The van der Waals surface area contributed by atoms with Crippen LogP contribution in [0.5, 0.6) is 0 Å². The number of amides is 1. The molecule has 1 unspecified atom stereocenters. The molecular weight excluding hydrogens is 328 g/mol. The summed E-state index contributed by atoms with van der Waals surface area (Å²) in [7, 11) is 0. The van der Waals surface area contributed by atoms with Gasteiger partial charge in [-0.2, -0.15) is 0 Å². The molecule has 0 bridgehead atoms. The first kappa shape index (κ1) is 30.8. The molecule has 0 aliphatic rings. The zero-order valence-electron chi connectivity index (χ0n) is 9.83. The van der Waals surface area contributed by atoms with Crippen LogP contribution in [0.4, 0.5) is 0 Å². The van der Waals surface area contributed by atoms with Crippen LogP contribution in [-0.2, 0) is 9.59 Å². The van der Waals surface area contributed by atoms with E-state index in [0.29, 0.717) is 19.4 Å². The summed E-state index contributed by atoms with van der Waals surface area (Å²) >= 11 is 0. The molecule has 0 spiro atoms. The Balaban J connectivity index is -0.000000141. The van der Waals surface area contributed by atoms with Gasteiger partial charge in [0.15, 0.2) is 0 Å². The third kappa shape index (κ3) is 14.1. The van der Waals surface area contributed by atoms with Crippen molar-refractivity contribution in [3.63, 3.8) is 0 Å². The summed E-state index contributed by atoms with van der Waals surface area (Å²) in [5.74, 6) is -1.53. The molecular formula is C8H21Cl4N3O3. The Morgan fingerprint density at radius 2 is 1.67 bits per heavy atom. The fourth-order valence-corrected chi connectivity index (χ4v) is 0.851. The molecule has 0 saturated carbocycles. The highest BCUT2D eigenvalue weighted by Crippen LogP contribution is 1.93. The molecule has 18 heavy (non-hydrogen) atoms. The number of nitrogens with two attached hydrogens (primary N) is 2. The molecule has 10 heteroatoms. The van der Waals surface area contributed by atoms with Gasteiger partial charge in [0.05, 0.1) is 6.04 Å². The number of rotatable bonds is 6. The number of carbonyl (C=O) groups excluding carboxylic acids is 1. The third-order valence-electron chi connectivity index (χ3n) is 1.79. The summed E-state index contributed by atoms with van der Waals surface area (Å²) < 4.78 is 0. The number of halogens is 4. The lowest BCUT2D eigenvalue weighted by molar-refractivity contribution is -0.141. The van der Waals surface area contributed by atoms with Crippen molar-refractivity contribution in [2.24, 2.45) is 11.5 Å². The van der Waals surface area contributed by atoms with E-state index in [4.69, 9.17) is 16.6 Å². The zero-order chi connectivity index (χ0) is 11.1. The SMILES string of the molecule is CC(NC(=O)[C@@H](N)CCCN)C(=O)O.Cl.Cl.Cl.Cl. The Kier molecular flexibility index (Phi) is 29.1. The van der Waals surface area contributed by atoms with Crippen LogP contribution in [0.3, 0.4) is 0 Å². The van der Waals surface area contributed by atoms with Crippen LogP contribution in [0.15, 0.2) is 0 Å². The second-order valence-electron chi connectivity index (χ2n) is 3.11. The summed E-state index contributed by atoms with van der Waals surface area (Å²) in [6, 6.07) is -1.59. The Morgan fingerprint density at radius 3 is 2.00 bits per heavy atom. The average Bonchev–Trinajstić information content (AvgIpc) is 2.13. The molecule has 0 aromatic carbocycles. The van der Waals surface area contributed by atoms with Gasteiger partial charge in [0.2, 0.25) is 5.91 Å². The van der Waals surface area contributed by atoms with Gasteiger partial charge < -0.3 is 21.9 Å². The van der Waals surface area contributed by atoms with Gasteiger partial charge in [-0.25, -0.2) is 0 Å². The highest BCUT2D eigenvalue weighted by Gasteiger charge is 2.18. The molecule has 0 radical (unpaired) electrons. The molecule has 0 aliphatic carbocycles. The van der Waals surface area contributed by atoms with E-state index in [0.717, 1.165) is 0 Å². The molecule has 1 amide bonds. The first-order valence-electron chi connectivity index (χ1n) is 4.48. The van der Waals surface area contributed by atoms with Crippen molar-refractivity contribution in [3.8, 4) is 0 Å². The molecule has 0 fully saturated rings. The molecule has 0 heterocycles. The van der Waals surface area contributed by atoms with Crippen molar-refractivity contribution in [1.82, 2.24) is 5.32 Å². The predicted molar refractivity (Wildman–Crippen MR) is 80.5 cm³/mol. The van der Waals surface area contributed by atoms with Crippen LogP contribution in [0.25, 0.3) is 0 Å². The molecule has 6 N–H and O–H groups in total. The molecule has 2 atom stereocenters. The van der Waals surface area contributed by atoms with Gasteiger partial charge in [0.25, 0.3) is 0 Å². The lowest BCUT2D eigenvalue weighted by Crippen LogP contribution is -2.47. The van der Waals surface area contributed by atoms with Crippen molar-refractivity contribution >= 4 is 61.5 Å². The van der Waals surface area contributed by atoms with E-state index in [2.05, 4.69) is 5.32 Å². The van der Waals surface area contributed by atoms with Gasteiger partial charge in [-0.05, 0) is 26.3 Å². The summed E-state index contributed by atoms with van der Waals surface area (Å²) in [4.78, 5) is 21.6. The number of aliphatic carboxylic acids is 1. The van der Waals surface area contributed by atoms with Crippen LogP contribution in [0.1, 0.15) is 19.8 Å². The van der Waals surface area contributed by atoms with Gasteiger partial charge in [-0.15, -0.1) is 49.6 Å². The number of hydrogen-bond donors (Lipinski definition) is 4. The standard InChI is InChI=1S/C8H17N3O3.4ClH/c1-5(8(13)14)11-7(12)6(10)3-2-4-9;;;;/h5-6H,2-4,9-10H2,1H3,(H,11,12)(H,13,14);4*1H/t5?,6-;;;;/m0..../s1. The number of carboxylic acid groups (broad SMARTS) is 1. The summed E-state index contributed by atoms with van der Waals surface area (Å²) in [6.45, 7) is 1.85. The topological polar surface area (TPSA) is 118 Å². The minimum atomic E-state index is -1.08. The maximum atomic E-state index is 11.2. The van der Waals surface area contributed by atoms with E-state index < -0.39 is 24.0 Å². The van der Waals surface area contributed by atoms with Crippen molar-refractivity contribution in [2.75, 3.05) is 6.54 Å². The number of carbonyl (C=O) groups is 2. The van der Waals surface area contributed by atoms with Crippen LogP contribution < -0.4 is 16.8 Å². The van der Waals surface area contributed by atoms with E-state index in [1.807, 2.05) is 0 Å². The number of nitrogens with one attached hydrogen (secondary N) is 1. The summed E-state index contributed by atoms with van der Waals surface area (Å²) in [5, 5.41) is 10.8. The smallest absolute Gasteiger partial charge is 0.325 e.